The Labute approximate surface area is 334 Å². The minimum absolute atomic E-state index is 0.00627. The summed E-state index contributed by atoms with van der Waals surface area (Å²) in [5.74, 6) is -1.33. The minimum atomic E-state index is -0.979. The zero-order valence-corrected chi connectivity index (χ0v) is 32.9. The third-order valence-corrected chi connectivity index (χ3v) is 12.9. The van der Waals surface area contributed by atoms with E-state index in [9.17, 15) is 28.8 Å². The Morgan fingerprint density at radius 2 is 1.70 bits per heavy atom. The van der Waals surface area contributed by atoms with Gasteiger partial charge in [-0.3, -0.25) is 39.0 Å². The first kappa shape index (κ1) is 38.6. The van der Waals surface area contributed by atoms with E-state index in [0.29, 0.717) is 36.0 Å². The maximum absolute atomic E-state index is 13.5. The van der Waals surface area contributed by atoms with E-state index >= 15 is 0 Å². The van der Waals surface area contributed by atoms with Crippen LogP contribution in [-0.2, 0) is 20.8 Å². The summed E-state index contributed by atoms with van der Waals surface area (Å²) in [4.78, 5) is 94.2. The van der Waals surface area contributed by atoms with Gasteiger partial charge in [-0.1, -0.05) is 0 Å². The highest BCUT2D eigenvalue weighted by atomic mass is 32.1. The summed E-state index contributed by atoms with van der Waals surface area (Å²) >= 11 is 1.37. The number of hydrogen-bond acceptors (Lipinski definition) is 13. The fraction of sp³-hybridized carbons (Fsp3) is 0.525. The number of rotatable bonds is 10. The number of piperidine rings is 4. The van der Waals surface area contributed by atoms with Crippen LogP contribution in [0.5, 0.6) is 0 Å². The molecule has 0 spiro atoms. The molecular formula is C40H48N10O6S. The van der Waals surface area contributed by atoms with Gasteiger partial charge in [-0.2, -0.15) is 4.37 Å². The zero-order chi connectivity index (χ0) is 39.8. The van der Waals surface area contributed by atoms with E-state index in [-0.39, 0.29) is 42.0 Å². The molecule has 0 saturated carbocycles. The van der Waals surface area contributed by atoms with Gasteiger partial charge in [-0.05, 0) is 107 Å². The van der Waals surface area contributed by atoms with E-state index in [2.05, 4.69) is 34.7 Å². The largest absolute Gasteiger partial charge is 0.371 e. The third-order valence-electron chi connectivity index (χ3n) is 12.1. The van der Waals surface area contributed by atoms with Crippen LogP contribution in [0.1, 0.15) is 98.8 Å². The fourth-order valence-corrected chi connectivity index (χ4v) is 9.70. The molecular weight excluding hydrogens is 749 g/mol. The molecule has 2 aromatic heterocycles. The molecule has 7 heterocycles. The van der Waals surface area contributed by atoms with Crippen LogP contribution in [0.4, 0.5) is 11.5 Å². The average molecular weight is 797 g/mol. The molecule has 2 atom stereocenters. The van der Waals surface area contributed by atoms with Crippen LogP contribution in [0.3, 0.4) is 0 Å². The first-order valence-corrected chi connectivity index (χ1v) is 20.7. The van der Waals surface area contributed by atoms with Gasteiger partial charge in [0.15, 0.2) is 0 Å². The lowest BCUT2D eigenvalue weighted by Gasteiger charge is -2.39. The number of nitrogens with one attached hydrogen (secondary N) is 2. The minimum Gasteiger partial charge on any atom is -0.371 e. The molecule has 8 rings (SSSR count). The number of carbonyl (C=O) groups is 6. The second-order valence-corrected chi connectivity index (χ2v) is 16.9. The SMILES string of the molecule is Cc1cc(Cc2nc(N3CCCC(NC(=O)C4CCN(CC5CCN(c6ccc7c(c6)C(=O)N(C6CCC(=O)NC6=O)C7=O)CC5)CC4)C3)cnc2C(N)=O)sn1. The molecule has 6 amide bonds. The number of nitrogens with zero attached hydrogens (tertiary/aromatic N) is 7. The number of amides is 6. The lowest BCUT2D eigenvalue weighted by molar-refractivity contribution is -0.136. The van der Waals surface area contributed by atoms with Crippen LogP contribution in [0.2, 0.25) is 0 Å². The Hall–Kier alpha value is -5.29. The monoisotopic (exact) mass is 796 g/mol. The highest BCUT2D eigenvalue weighted by Gasteiger charge is 2.45. The van der Waals surface area contributed by atoms with Crippen LogP contribution < -0.4 is 26.2 Å². The molecule has 3 aromatic rings. The summed E-state index contributed by atoms with van der Waals surface area (Å²) in [6.07, 6.45) is 7.66. The van der Waals surface area contributed by atoms with E-state index in [0.717, 1.165) is 99.0 Å². The Morgan fingerprint density at radius 3 is 2.42 bits per heavy atom. The topological polar surface area (TPSA) is 204 Å². The van der Waals surface area contributed by atoms with Gasteiger partial charge in [0, 0.05) is 68.1 Å². The summed E-state index contributed by atoms with van der Waals surface area (Å²) in [6, 6.07) is 6.30. The molecule has 0 aliphatic carbocycles. The van der Waals surface area contributed by atoms with Crippen LogP contribution in [0.25, 0.3) is 0 Å². The Balaban J connectivity index is 0.789. The molecule has 300 valence electrons. The molecule has 0 radical (unpaired) electrons. The predicted molar refractivity (Wildman–Crippen MR) is 211 cm³/mol. The van der Waals surface area contributed by atoms with Gasteiger partial charge < -0.3 is 25.8 Å². The Morgan fingerprint density at radius 1 is 0.930 bits per heavy atom. The second-order valence-electron chi connectivity index (χ2n) is 16.0. The summed E-state index contributed by atoms with van der Waals surface area (Å²) in [5, 5.41) is 5.57. The van der Waals surface area contributed by atoms with Crippen molar-refractivity contribution in [3.63, 3.8) is 0 Å². The molecule has 57 heavy (non-hydrogen) atoms. The lowest BCUT2D eigenvalue weighted by Crippen LogP contribution is -2.54. The quantitative estimate of drug-likeness (QED) is 0.253. The molecule has 17 heteroatoms. The average Bonchev–Trinajstić information content (AvgIpc) is 3.73. The first-order chi connectivity index (χ1) is 27.5. The van der Waals surface area contributed by atoms with E-state index in [1.807, 2.05) is 19.1 Å². The highest BCUT2D eigenvalue weighted by Crippen LogP contribution is 2.33. The van der Waals surface area contributed by atoms with Gasteiger partial charge in [-0.25, -0.2) is 9.97 Å². The van der Waals surface area contributed by atoms with Crippen LogP contribution >= 0.6 is 11.5 Å². The van der Waals surface area contributed by atoms with Gasteiger partial charge >= 0.3 is 0 Å². The molecule has 5 aliphatic rings. The standard InChI is InChI=1S/C40H48N10O6S/c1-23-17-28(57-46-23)19-31-35(36(41)52)42-20-33(44-31)49-12-2-3-26(22-49)43-37(53)25-10-13-47(14-11-25)21-24-8-15-48(16-9-24)27-4-5-29-30(18-27)40(56)50(39(29)55)32-6-7-34(51)45-38(32)54/h4-5,17-18,20,24-26,32H,2-3,6-16,19,21-22H2,1H3,(H2,41,52)(H,43,53)(H,45,51,54). The number of carbonyl (C=O) groups excluding carboxylic acids is 6. The molecule has 1 aromatic carbocycles. The number of nitrogens with two attached hydrogens (primary N) is 1. The number of benzene rings is 1. The van der Waals surface area contributed by atoms with Crippen molar-refractivity contribution in [1.82, 2.24) is 34.8 Å². The summed E-state index contributed by atoms with van der Waals surface area (Å²) < 4.78 is 4.34. The summed E-state index contributed by atoms with van der Waals surface area (Å²) in [7, 11) is 0. The second kappa shape index (κ2) is 16.3. The van der Waals surface area contributed by atoms with Crippen molar-refractivity contribution in [3.8, 4) is 0 Å². The lowest BCUT2D eigenvalue weighted by atomic mass is 9.91. The smallest absolute Gasteiger partial charge is 0.269 e. The number of aryl methyl sites for hydroxylation is 1. The summed E-state index contributed by atoms with van der Waals surface area (Å²) in [5.41, 5.74) is 8.71. The van der Waals surface area contributed by atoms with Gasteiger partial charge in [0.2, 0.25) is 17.7 Å². The number of fused-ring (bicyclic) bond motifs is 1. The number of primary amides is 1. The number of anilines is 2. The van der Waals surface area contributed by atoms with Crippen molar-refractivity contribution in [1.29, 1.82) is 0 Å². The van der Waals surface area contributed by atoms with E-state index in [4.69, 9.17) is 10.7 Å². The fourth-order valence-electron chi connectivity index (χ4n) is 8.96. The van der Waals surface area contributed by atoms with Crippen molar-refractivity contribution in [3.05, 3.63) is 63.5 Å². The van der Waals surface area contributed by atoms with Gasteiger partial charge in [0.05, 0.1) is 28.7 Å². The first-order valence-electron chi connectivity index (χ1n) is 20.0. The van der Waals surface area contributed by atoms with E-state index in [1.165, 1.54) is 11.5 Å². The van der Waals surface area contributed by atoms with E-state index in [1.54, 1.807) is 18.3 Å². The van der Waals surface area contributed by atoms with E-state index < -0.39 is 35.6 Å². The Bertz CT molecular complexity index is 2090. The van der Waals surface area contributed by atoms with Crippen molar-refractivity contribution < 1.29 is 28.8 Å². The van der Waals surface area contributed by atoms with Crippen molar-refractivity contribution >= 4 is 58.5 Å². The molecule has 16 nitrogen and oxygen atoms in total. The molecule has 5 aliphatic heterocycles. The highest BCUT2D eigenvalue weighted by molar-refractivity contribution is 7.05. The predicted octanol–water partition coefficient (Wildman–Crippen LogP) is 2.05. The Kier molecular flexibility index (Phi) is 11.0. The molecule has 4 saturated heterocycles. The van der Waals surface area contributed by atoms with Gasteiger partial charge in [-0.15, -0.1) is 0 Å². The zero-order valence-electron chi connectivity index (χ0n) is 32.1. The maximum Gasteiger partial charge on any atom is 0.269 e. The molecule has 2 unspecified atom stereocenters. The van der Waals surface area contributed by atoms with Crippen LogP contribution in [0, 0.1) is 18.8 Å². The van der Waals surface area contributed by atoms with Crippen LogP contribution in [0.15, 0.2) is 30.5 Å². The number of hydrogen-bond donors (Lipinski definition) is 3. The van der Waals surface area contributed by atoms with Crippen molar-refractivity contribution in [2.75, 3.05) is 55.6 Å². The summed E-state index contributed by atoms with van der Waals surface area (Å²) in [6.45, 7) is 7.72. The van der Waals surface area contributed by atoms with Crippen molar-refractivity contribution in [2.45, 2.75) is 76.8 Å². The molecule has 4 N–H and O–H groups in total. The molecule has 0 bridgehead atoms. The third kappa shape index (κ3) is 8.26. The van der Waals surface area contributed by atoms with Gasteiger partial charge in [0.25, 0.3) is 17.7 Å². The van der Waals surface area contributed by atoms with Crippen LogP contribution in [-0.4, -0.2) is 117 Å². The van der Waals surface area contributed by atoms with Gasteiger partial charge in [0.1, 0.15) is 17.6 Å². The number of likely N-dealkylation sites (tertiary alicyclic amines) is 1. The number of aromatic nitrogens is 3. The maximum atomic E-state index is 13.5. The van der Waals surface area contributed by atoms with Crippen molar-refractivity contribution in [2.24, 2.45) is 17.6 Å². The normalized spacial score (nSPS) is 22.5. The molecule has 4 fully saturated rings. The number of imide groups is 2.